The lowest BCUT2D eigenvalue weighted by molar-refractivity contribution is -0.145. The van der Waals surface area contributed by atoms with Crippen LogP contribution in [-0.4, -0.2) is 18.9 Å². The van der Waals surface area contributed by atoms with Gasteiger partial charge in [-0.1, -0.05) is 23.7 Å². The van der Waals surface area contributed by atoms with Gasteiger partial charge in [0, 0.05) is 11.6 Å². The summed E-state index contributed by atoms with van der Waals surface area (Å²) in [5.74, 6) is -0.649. The van der Waals surface area contributed by atoms with E-state index in [1.165, 1.54) is 0 Å². The molecule has 1 aromatic carbocycles. The average Bonchev–Trinajstić information content (AvgIpc) is 2.63. The van der Waals surface area contributed by atoms with E-state index >= 15 is 0 Å². The molecule has 1 aromatic rings. The Bertz CT molecular complexity index is 341. The zero-order valence-corrected chi connectivity index (χ0v) is 9.33. The monoisotopic (exact) mass is 227 g/mol. The van der Waals surface area contributed by atoms with E-state index in [0.29, 0.717) is 13.2 Å². The molecule has 3 nitrogen and oxygen atoms in total. The van der Waals surface area contributed by atoms with Crippen molar-refractivity contribution < 1.29 is 9.47 Å². The number of benzene rings is 1. The first-order valence-corrected chi connectivity index (χ1v) is 5.28. The van der Waals surface area contributed by atoms with Gasteiger partial charge in [0.25, 0.3) is 0 Å². The number of ether oxygens (including phenoxy) is 2. The van der Waals surface area contributed by atoms with Crippen molar-refractivity contribution in [2.75, 3.05) is 13.2 Å². The maximum Gasteiger partial charge on any atom is 0.178 e. The molecular weight excluding hydrogens is 214 g/mol. The Balaban J connectivity index is 2.11. The number of halogens is 1. The van der Waals surface area contributed by atoms with Crippen molar-refractivity contribution in [3.05, 3.63) is 34.9 Å². The van der Waals surface area contributed by atoms with E-state index < -0.39 is 5.79 Å². The quantitative estimate of drug-likeness (QED) is 0.842. The highest BCUT2D eigenvalue weighted by Gasteiger charge is 2.36. The molecule has 2 unspecified atom stereocenters. The van der Waals surface area contributed by atoms with E-state index in [0.717, 1.165) is 10.6 Å². The molecule has 0 aromatic heterocycles. The van der Waals surface area contributed by atoms with Gasteiger partial charge in [-0.05, 0) is 24.6 Å². The Kier molecular flexibility index (Phi) is 2.98. The topological polar surface area (TPSA) is 44.5 Å². The molecular formula is C11H14ClNO2. The Morgan fingerprint density at radius 2 is 2.13 bits per heavy atom. The highest BCUT2D eigenvalue weighted by Crippen LogP contribution is 2.32. The molecule has 2 rings (SSSR count). The van der Waals surface area contributed by atoms with Gasteiger partial charge in [-0.3, -0.25) is 0 Å². The second-order valence-corrected chi connectivity index (χ2v) is 4.24. The largest absolute Gasteiger partial charge is 0.346 e. The third kappa shape index (κ3) is 2.32. The molecule has 82 valence electrons. The number of rotatable bonds is 2. The summed E-state index contributed by atoms with van der Waals surface area (Å²) in [5, 5.41) is 0.722. The molecule has 1 aliphatic heterocycles. The maximum absolute atomic E-state index is 5.81. The van der Waals surface area contributed by atoms with Gasteiger partial charge in [0.15, 0.2) is 5.79 Å². The summed E-state index contributed by atoms with van der Waals surface area (Å²) in [4.78, 5) is 0. The van der Waals surface area contributed by atoms with Gasteiger partial charge in [-0.2, -0.15) is 0 Å². The predicted octanol–water partition coefficient (Wildman–Crippen LogP) is 2.10. The van der Waals surface area contributed by atoms with Crippen LogP contribution in [0.1, 0.15) is 18.6 Å². The number of hydrogen-bond acceptors (Lipinski definition) is 3. The first kappa shape index (κ1) is 10.9. The molecule has 15 heavy (non-hydrogen) atoms. The maximum atomic E-state index is 5.81. The van der Waals surface area contributed by atoms with Crippen LogP contribution in [0.4, 0.5) is 0 Å². The number of nitrogens with two attached hydrogens (primary N) is 1. The minimum absolute atomic E-state index is 0.0455. The Hall–Kier alpha value is -0.610. The zero-order chi connectivity index (χ0) is 10.9. The first-order chi connectivity index (χ1) is 7.13. The van der Waals surface area contributed by atoms with E-state index in [9.17, 15) is 0 Å². The zero-order valence-electron chi connectivity index (χ0n) is 8.57. The smallest absolute Gasteiger partial charge is 0.178 e. The summed E-state index contributed by atoms with van der Waals surface area (Å²) < 4.78 is 11.2. The van der Waals surface area contributed by atoms with Crippen molar-refractivity contribution in [3.8, 4) is 0 Å². The SMILES string of the molecule is CC1(CN)OCC(c2ccc(Cl)cc2)O1. The van der Waals surface area contributed by atoms with Crippen LogP contribution in [0.3, 0.4) is 0 Å². The van der Waals surface area contributed by atoms with E-state index in [1.54, 1.807) is 0 Å². The summed E-state index contributed by atoms with van der Waals surface area (Å²) >= 11 is 5.81. The van der Waals surface area contributed by atoms with E-state index in [1.807, 2.05) is 31.2 Å². The molecule has 1 heterocycles. The molecule has 0 radical (unpaired) electrons. The fourth-order valence-electron chi connectivity index (χ4n) is 1.57. The summed E-state index contributed by atoms with van der Waals surface area (Å²) in [6, 6.07) is 7.58. The molecule has 0 spiro atoms. The van der Waals surface area contributed by atoms with Crippen LogP contribution in [0.2, 0.25) is 5.02 Å². The molecule has 2 N–H and O–H groups in total. The van der Waals surface area contributed by atoms with Crippen molar-refractivity contribution >= 4 is 11.6 Å². The second-order valence-electron chi connectivity index (χ2n) is 3.81. The fraction of sp³-hybridized carbons (Fsp3) is 0.455. The average molecular weight is 228 g/mol. The first-order valence-electron chi connectivity index (χ1n) is 4.90. The van der Waals surface area contributed by atoms with Gasteiger partial charge in [0.1, 0.15) is 6.10 Å². The standard InChI is InChI=1S/C11H14ClNO2/c1-11(7-13)14-6-10(15-11)8-2-4-9(12)5-3-8/h2-5,10H,6-7,13H2,1H3. The Morgan fingerprint density at radius 1 is 1.47 bits per heavy atom. The molecule has 1 fully saturated rings. The van der Waals surface area contributed by atoms with Crippen LogP contribution in [0.5, 0.6) is 0 Å². The summed E-state index contributed by atoms with van der Waals surface area (Å²) in [5.41, 5.74) is 6.63. The van der Waals surface area contributed by atoms with Crippen molar-refractivity contribution in [3.63, 3.8) is 0 Å². The summed E-state index contributed by atoms with van der Waals surface area (Å²) in [6.45, 7) is 2.75. The van der Waals surface area contributed by atoms with Crippen molar-refractivity contribution in [1.29, 1.82) is 0 Å². The van der Waals surface area contributed by atoms with Crippen LogP contribution in [0.25, 0.3) is 0 Å². The molecule has 0 saturated carbocycles. The molecule has 1 saturated heterocycles. The van der Waals surface area contributed by atoms with Crippen LogP contribution >= 0.6 is 11.6 Å². The lowest BCUT2D eigenvalue weighted by atomic mass is 10.1. The van der Waals surface area contributed by atoms with E-state index in [4.69, 9.17) is 26.8 Å². The molecule has 4 heteroatoms. The van der Waals surface area contributed by atoms with Crippen LogP contribution in [0, 0.1) is 0 Å². The van der Waals surface area contributed by atoms with Gasteiger partial charge in [-0.25, -0.2) is 0 Å². The van der Waals surface area contributed by atoms with Gasteiger partial charge in [0.05, 0.1) is 6.61 Å². The van der Waals surface area contributed by atoms with Crippen LogP contribution < -0.4 is 5.73 Å². The number of hydrogen-bond donors (Lipinski definition) is 1. The van der Waals surface area contributed by atoms with Crippen molar-refractivity contribution in [2.45, 2.75) is 18.8 Å². The highest BCUT2D eigenvalue weighted by molar-refractivity contribution is 6.30. The fourth-order valence-corrected chi connectivity index (χ4v) is 1.70. The Labute approximate surface area is 94.1 Å². The van der Waals surface area contributed by atoms with Gasteiger partial charge in [-0.15, -0.1) is 0 Å². The lowest BCUT2D eigenvalue weighted by Crippen LogP contribution is -2.35. The highest BCUT2D eigenvalue weighted by atomic mass is 35.5. The van der Waals surface area contributed by atoms with Crippen LogP contribution in [-0.2, 0) is 9.47 Å². The molecule has 0 bridgehead atoms. The second kappa shape index (κ2) is 4.10. The molecule has 0 aliphatic carbocycles. The van der Waals surface area contributed by atoms with Gasteiger partial charge in [0.2, 0.25) is 0 Å². The van der Waals surface area contributed by atoms with Gasteiger partial charge >= 0.3 is 0 Å². The molecule has 1 aliphatic rings. The minimum Gasteiger partial charge on any atom is -0.346 e. The lowest BCUT2D eigenvalue weighted by Gasteiger charge is -2.20. The van der Waals surface area contributed by atoms with E-state index in [2.05, 4.69) is 0 Å². The summed E-state index contributed by atoms with van der Waals surface area (Å²) in [7, 11) is 0. The third-order valence-corrected chi connectivity index (χ3v) is 2.80. The van der Waals surface area contributed by atoms with Gasteiger partial charge < -0.3 is 15.2 Å². The van der Waals surface area contributed by atoms with Crippen molar-refractivity contribution in [1.82, 2.24) is 0 Å². The minimum atomic E-state index is -0.649. The Morgan fingerprint density at radius 3 is 2.67 bits per heavy atom. The van der Waals surface area contributed by atoms with Crippen LogP contribution in [0.15, 0.2) is 24.3 Å². The third-order valence-electron chi connectivity index (χ3n) is 2.54. The van der Waals surface area contributed by atoms with E-state index in [-0.39, 0.29) is 6.10 Å². The summed E-state index contributed by atoms with van der Waals surface area (Å²) in [6.07, 6.45) is -0.0455. The van der Waals surface area contributed by atoms with Crippen molar-refractivity contribution in [2.24, 2.45) is 5.73 Å². The molecule has 0 amide bonds. The molecule has 2 atom stereocenters. The predicted molar refractivity (Wildman–Crippen MR) is 58.7 cm³/mol. The normalized spacial score (nSPS) is 30.7.